The van der Waals surface area contributed by atoms with Crippen molar-refractivity contribution in [2.75, 3.05) is 17.7 Å². The second-order valence-corrected chi connectivity index (χ2v) is 5.19. The predicted molar refractivity (Wildman–Crippen MR) is 84.1 cm³/mol. The number of nitrogens with two attached hydrogens (primary N) is 1. The summed E-state index contributed by atoms with van der Waals surface area (Å²) >= 11 is 6.18. The van der Waals surface area contributed by atoms with E-state index < -0.39 is 0 Å². The second kappa shape index (κ2) is 5.06. The van der Waals surface area contributed by atoms with Crippen molar-refractivity contribution in [1.82, 2.24) is 9.97 Å². The highest BCUT2D eigenvalue weighted by atomic mass is 35.5. The van der Waals surface area contributed by atoms with Crippen molar-refractivity contribution in [2.45, 2.75) is 6.54 Å². The maximum Gasteiger partial charge on any atom is 0.203 e. The first kappa shape index (κ1) is 12.8. The van der Waals surface area contributed by atoms with Crippen LogP contribution in [-0.4, -0.2) is 17.0 Å². The van der Waals surface area contributed by atoms with Gasteiger partial charge in [-0.2, -0.15) is 0 Å². The van der Waals surface area contributed by atoms with Crippen LogP contribution in [0, 0.1) is 0 Å². The van der Waals surface area contributed by atoms with Crippen molar-refractivity contribution in [3.63, 3.8) is 0 Å². The third-order valence-corrected chi connectivity index (χ3v) is 3.59. The first-order valence-corrected chi connectivity index (χ1v) is 6.71. The van der Waals surface area contributed by atoms with E-state index in [2.05, 4.69) is 9.97 Å². The van der Waals surface area contributed by atoms with Gasteiger partial charge < -0.3 is 15.6 Å². The number of hydrogen-bond acceptors (Lipinski definition) is 3. The van der Waals surface area contributed by atoms with E-state index in [1.54, 1.807) is 0 Å². The third kappa shape index (κ3) is 2.42. The average Bonchev–Trinajstić information content (AvgIpc) is 2.84. The highest BCUT2D eigenvalue weighted by Gasteiger charge is 2.09. The quantitative estimate of drug-likeness (QED) is 0.725. The summed E-state index contributed by atoms with van der Waals surface area (Å²) in [6.07, 6.45) is 0. The van der Waals surface area contributed by atoms with Crippen LogP contribution < -0.4 is 10.6 Å². The molecule has 3 aromatic rings. The van der Waals surface area contributed by atoms with Gasteiger partial charge in [0.2, 0.25) is 5.95 Å². The first-order chi connectivity index (χ1) is 9.63. The summed E-state index contributed by atoms with van der Waals surface area (Å²) < 4.78 is 0. The van der Waals surface area contributed by atoms with E-state index in [-0.39, 0.29) is 0 Å². The molecule has 0 unspecified atom stereocenters. The zero-order valence-corrected chi connectivity index (χ0v) is 11.9. The summed E-state index contributed by atoms with van der Waals surface area (Å²) in [6.45, 7) is 0.689. The first-order valence-electron chi connectivity index (χ1n) is 6.33. The van der Waals surface area contributed by atoms with Gasteiger partial charge in [0.15, 0.2) is 0 Å². The average molecular weight is 287 g/mol. The van der Waals surface area contributed by atoms with E-state index >= 15 is 0 Å². The van der Waals surface area contributed by atoms with E-state index in [1.807, 2.05) is 54.4 Å². The Hall–Kier alpha value is -2.20. The zero-order valence-electron chi connectivity index (χ0n) is 11.1. The van der Waals surface area contributed by atoms with Crippen LogP contribution in [0.25, 0.3) is 11.0 Å². The molecular formula is C15H15ClN4. The smallest absolute Gasteiger partial charge is 0.203 e. The van der Waals surface area contributed by atoms with Crippen molar-refractivity contribution < 1.29 is 0 Å². The fourth-order valence-corrected chi connectivity index (χ4v) is 2.35. The van der Waals surface area contributed by atoms with E-state index in [9.17, 15) is 0 Å². The Bertz CT molecular complexity index is 750. The molecule has 0 aliphatic heterocycles. The molecule has 0 fully saturated rings. The van der Waals surface area contributed by atoms with Gasteiger partial charge in [0.05, 0.1) is 11.0 Å². The molecule has 3 rings (SSSR count). The molecule has 0 atom stereocenters. The van der Waals surface area contributed by atoms with Crippen molar-refractivity contribution in [3.8, 4) is 0 Å². The van der Waals surface area contributed by atoms with Crippen LogP contribution in [-0.2, 0) is 6.54 Å². The minimum atomic E-state index is 0.689. The fraction of sp³-hybridized carbons (Fsp3) is 0.133. The number of nitrogen functional groups attached to an aromatic ring is 1. The van der Waals surface area contributed by atoms with Crippen LogP contribution >= 0.6 is 11.6 Å². The number of imidazole rings is 1. The summed E-state index contributed by atoms with van der Waals surface area (Å²) in [5, 5.41) is 0.764. The predicted octanol–water partition coefficient (Wildman–Crippen LogP) is 3.43. The minimum absolute atomic E-state index is 0.689. The lowest BCUT2D eigenvalue weighted by molar-refractivity contribution is 0.885. The Balaban J connectivity index is 1.89. The number of anilines is 2. The second-order valence-electron chi connectivity index (χ2n) is 4.78. The van der Waals surface area contributed by atoms with Crippen LogP contribution in [0.5, 0.6) is 0 Å². The van der Waals surface area contributed by atoms with Gasteiger partial charge in [-0.05, 0) is 29.8 Å². The topological polar surface area (TPSA) is 57.9 Å². The molecule has 2 aromatic carbocycles. The summed E-state index contributed by atoms with van der Waals surface area (Å²) in [5.74, 6) is 0.797. The SMILES string of the molecule is CN(Cc1ccccc1Cl)c1nc2ccc(N)cc2[nH]1. The Kier molecular flexibility index (Phi) is 3.24. The number of benzene rings is 2. The Morgan fingerprint density at radius 2 is 2.05 bits per heavy atom. The number of hydrogen-bond donors (Lipinski definition) is 2. The van der Waals surface area contributed by atoms with Gasteiger partial charge in [-0.1, -0.05) is 29.8 Å². The molecule has 0 radical (unpaired) electrons. The van der Waals surface area contributed by atoms with Crippen molar-refractivity contribution >= 4 is 34.3 Å². The molecule has 0 saturated carbocycles. The minimum Gasteiger partial charge on any atom is -0.399 e. The highest BCUT2D eigenvalue weighted by molar-refractivity contribution is 6.31. The van der Waals surface area contributed by atoms with Crippen LogP contribution in [0.3, 0.4) is 0 Å². The van der Waals surface area contributed by atoms with Gasteiger partial charge in [-0.15, -0.1) is 0 Å². The lowest BCUT2D eigenvalue weighted by Gasteiger charge is -2.16. The van der Waals surface area contributed by atoms with Crippen LogP contribution in [0.1, 0.15) is 5.56 Å². The fourth-order valence-electron chi connectivity index (χ4n) is 2.15. The zero-order chi connectivity index (χ0) is 14.1. The summed E-state index contributed by atoms with van der Waals surface area (Å²) in [4.78, 5) is 9.84. The lowest BCUT2D eigenvalue weighted by atomic mass is 10.2. The van der Waals surface area contributed by atoms with Gasteiger partial charge in [0.1, 0.15) is 0 Å². The Morgan fingerprint density at radius 3 is 2.85 bits per heavy atom. The van der Waals surface area contributed by atoms with Crippen LogP contribution in [0.15, 0.2) is 42.5 Å². The number of H-pyrrole nitrogens is 1. The van der Waals surface area contributed by atoms with Gasteiger partial charge >= 0.3 is 0 Å². The number of rotatable bonds is 3. The highest BCUT2D eigenvalue weighted by Crippen LogP contribution is 2.22. The van der Waals surface area contributed by atoms with Gasteiger partial charge in [0, 0.05) is 24.3 Å². The molecule has 0 bridgehead atoms. The molecule has 4 nitrogen and oxygen atoms in total. The standard InChI is InChI=1S/C15H15ClN4/c1-20(9-10-4-2-3-5-12(10)16)15-18-13-7-6-11(17)8-14(13)19-15/h2-8H,9,17H2,1H3,(H,18,19). The summed E-state index contributed by atoms with van der Waals surface area (Å²) in [6, 6.07) is 13.5. The lowest BCUT2D eigenvalue weighted by Crippen LogP contribution is -2.17. The van der Waals surface area contributed by atoms with Crippen molar-refractivity contribution in [1.29, 1.82) is 0 Å². The van der Waals surface area contributed by atoms with Crippen molar-refractivity contribution in [2.24, 2.45) is 0 Å². The molecule has 3 N–H and O–H groups in total. The molecule has 20 heavy (non-hydrogen) atoms. The molecule has 1 heterocycles. The van der Waals surface area contributed by atoms with Crippen LogP contribution in [0.2, 0.25) is 5.02 Å². The molecule has 0 amide bonds. The van der Waals surface area contributed by atoms with Crippen molar-refractivity contribution in [3.05, 3.63) is 53.1 Å². The van der Waals surface area contributed by atoms with E-state index in [1.165, 1.54) is 0 Å². The number of aromatic nitrogens is 2. The normalized spacial score (nSPS) is 10.9. The van der Waals surface area contributed by atoms with Gasteiger partial charge in [0.25, 0.3) is 0 Å². The summed E-state index contributed by atoms with van der Waals surface area (Å²) in [5.41, 5.74) is 9.40. The van der Waals surface area contributed by atoms with Gasteiger partial charge in [-0.25, -0.2) is 4.98 Å². The maximum absolute atomic E-state index is 6.18. The van der Waals surface area contributed by atoms with E-state index in [0.29, 0.717) is 6.54 Å². The molecular weight excluding hydrogens is 272 g/mol. The molecule has 0 saturated heterocycles. The number of aromatic amines is 1. The molecule has 1 aromatic heterocycles. The molecule has 102 valence electrons. The number of nitrogens with zero attached hydrogens (tertiary/aromatic N) is 2. The third-order valence-electron chi connectivity index (χ3n) is 3.22. The summed E-state index contributed by atoms with van der Waals surface area (Å²) in [7, 11) is 1.98. The molecule has 0 aliphatic rings. The monoisotopic (exact) mass is 286 g/mol. The number of halogens is 1. The number of fused-ring (bicyclic) bond motifs is 1. The maximum atomic E-state index is 6.18. The molecule has 0 aliphatic carbocycles. The van der Waals surface area contributed by atoms with Gasteiger partial charge in [-0.3, -0.25) is 0 Å². The molecule has 0 spiro atoms. The Morgan fingerprint density at radius 1 is 1.25 bits per heavy atom. The van der Waals surface area contributed by atoms with Crippen LogP contribution in [0.4, 0.5) is 11.6 Å². The van der Waals surface area contributed by atoms with E-state index in [4.69, 9.17) is 17.3 Å². The van der Waals surface area contributed by atoms with E-state index in [0.717, 1.165) is 33.3 Å². The largest absolute Gasteiger partial charge is 0.399 e. The number of nitrogens with one attached hydrogen (secondary N) is 1. The molecule has 5 heteroatoms. The Labute approximate surface area is 122 Å².